The van der Waals surface area contributed by atoms with Crippen molar-refractivity contribution in [1.82, 2.24) is 0 Å². The van der Waals surface area contributed by atoms with Crippen LogP contribution in [0.5, 0.6) is 0 Å². The normalized spacial score (nSPS) is 12.6. The molecule has 90 valence electrons. The highest BCUT2D eigenvalue weighted by atomic mass is 19.1. The quantitative estimate of drug-likeness (QED) is 0.244. The Kier molecular flexibility index (Phi) is 9.58. The maximum absolute atomic E-state index is 13.1. The zero-order valence-corrected chi connectivity index (χ0v) is 10.0. The molecule has 2 heteroatoms. The van der Waals surface area contributed by atoms with Gasteiger partial charge in [-0.15, -0.1) is 6.58 Å². The number of aldehydes is 1. The zero-order valence-electron chi connectivity index (χ0n) is 10.0. The van der Waals surface area contributed by atoms with Crippen molar-refractivity contribution >= 4 is 6.29 Å². The van der Waals surface area contributed by atoms with Crippen molar-refractivity contribution in [2.45, 2.75) is 45.4 Å². The van der Waals surface area contributed by atoms with Gasteiger partial charge in [0.15, 0.2) is 0 Å². The smallest absolute Gasteiger partial charge is 0.119 e. The summed E-state index contributed by atoms with van der Waals surface area (Å²) in [6, 6.07) is 0. The summed E-state index contributed by atoms with van der Waals surface area (Å²) in [5, 5.41) is 0. The number of hydrogen-bond donors (Lipinski definition) is 0. The van der Waals surface area contributed by atoms with Crippen LogP contribution in [0, 0.1) is 0 Å². The summed E-state index contributed by atoms with van der Waals surface area (Å²) in [5.41, 5.74) is 1.15. The fraction of sp³-hybridized carbons (Fsp3) is 0.500. The number of hydrogen-bond acceptors (Lipinski definition) is 1. The lowest BCUT2D eigenvalue weighted by molar-refractivity contribution is -0.107. The van der Waals surface area contributed by atoms with Crippen LogP contribution in [0.2, 0.25) is 0 Å². The van der Waals surface area contributed by atoms with Crippen LogP contribution in [0.25, 0.3) is 0 Å². The first-order chi connectivity index (χ1) is 7.70. The predicted molar refractivity (Wildman–Crippen MR) is 66.9 cm³/mol. The molecule has 0 unspecified atom stereocenters. The Balaban J connectivity index is 3.82. The Morgan fingerprint density at radius 3 is 2.56 bits per heavy atom. The first-order valence-corrected chi connectivity index (χ1v) is 5.77. The first kappa shape index (κ1) is 14.8. The molecule has 0 aromatic rings. The van der Waals surface area contributed by atoms with Gasteiger partial charge in [-0.25, -0.2) is 4.39 Å². The van der Waals surface area contributed by atoms with E-state index in [9.17, 15) is 9.18 Å². The van der Waals surface area contributed by atoms with Crippen LogP contribution >= 0.6 is 0 Å². The van der Waals surface area contributed by atoms with Gasteiger partial charge in [0.25, 0.3) is 0 Å². The molecule has 0 aromatic carbocycles. The molecule has 16 heavy (non-hydrogen) atoms. The predicted octanol–water partition coefficient (Wildman–Crippen LogP) is 4.51. The van der Waals surface area contributed by atoms with Crippen LogP contribution in [0.15, 0.2) is 36.2 Å². The molecule has 0 bridgehead atoms. The van der Waals surface area contributed by atoms with Gasteiger partial charge in [0.1, 0.15) is 12.1 Å². The van der Waals surface area contributed by atoms with Gasteiger partial charge < -0.3 is 4.79 Å². The molecule has 0 saturated heterocycles. The molecule has 0 N–H and O–H groups in total. The van der Waals surface area contributed by atoms with Crippen LogP contribution in [0.1, 0.15) is 45.4 Å². The Hall–Kier alpha value is -1.18. The third-order valence-corrected chi connectivity index (χ3v) is 2.28. The van der Waals surface area contributed by atoms with Crippen molar-refractivity contribution in [3.8, 4) is 0 Å². The maximum Gasteiger partial charge on any atom is 0.119 e. The van der Waals surface area contributed by atoms with E-state index in [1.165, 1.54) is 6.08 Å². The van der Waals surface area contributed by atoms with Crippen molar-refractivity contribution < 1.29 is 9.18 Å². The summed E-state index contributed by atoms with van der Waals surface area (Å²) in [5.74, 6) is -0.104. The van der Waals surface area contributed by atoms with E-state index in [0.717, 1.165) is 31.1 Å². The van der Waals surface area contributed by atoms with Crippen molar-refractivity contribution in [3.05, 3.63) is 36.2 Å². The van der Waals surface area contributed by atoms with Gasteiger partial charge >= 0.3 is 0 Å². The largest absolute Gasteiger partial charge is 0.303 e. The summed E-state index contributed by atoms with van der Waals surface area (Å²) in [7, 11) is 0. The topological polar surface area (TPSA) is 17.1 Å². The van der Waals surface area contributed by atoms with Gasteiger partial charge in [-0.1, -0.05) is 17.7 Å². The highest BCUT2D eigenvalue weighted by molar-refractivity contribution is 5.48. The molecular formula is C14H21FO. The van der Waals surface area contributed by atoms with Gasteiger partial charge in [0.2, 0.25) is 0 Å². The number of carbonyl (C=O) groups is 1. The van der Waals surface area contributed by atoms with E-state index in [1.54, 1.807) is 6.08 Å². The molecule has 0 rings (SSSR count). The number of carbonyl (C=O) groups excluding carboxylic acids is 1. The Morgan fingerprint density at radius 2 is 1.94 bits per heavy atom. The third-order valence-electron chi connectivity index (χ3n) is 2.28. The average molecular weight is 224 g/mol. The Morgan fingerprint density at radius 1 is 1.19 bits per heavy atom. The summed E-state index contributed by atoms with van der Waals surface area (Å²) >= 11 is 0. The molecule has 0 heterocycles. The lowest BCUT2D eigenvalue weighted by Gasteiger charge is -1.98. The van der Waals surface area contributed by atoms with Crippen molar-refractivity contribution in [2.75, 3.05) is 0 Å². The van der Waals surface area contributed by atoms with Crippen LogP contribution in [-0.4, -0.2) is 6.29 Å². The summed E-state index contributed by atoms with van der Waals surface area (Å²) in [6.45, 7) is 5.53. The molecule has 0 aliphatic carbocycles. The molecule has 0 aliphatic rings. The molecular weight excluding hydrogens is 203 g/mol. The Bertz CT molecular complexity index is 264. The molecule has 1 nitrogen and oxygen atoms in total. The number of halogens is 1. The summed E-state index contributed by atoms with van der Waals surface area (Å²) < 4.78 is 13.1. The van der Waals surface area contributed by atoms with Crippen molar-refractivity contribution in [2.24, 2.45) is 0 Å². The van der Waals surface area contributed by atoms with Gasteiger partial charge in [-0.05, 0) is 38.7 Å². The van der Waals surface area contributed by atoms with Crippen LogP contribution in [-0.2, 0) is 4.79 Å². The van der Waals surface area contributed by atoms with Crippen LogP contribution in [0.4, 0.5) is 4.39 Å². The molecule has 0 aromatic heterocycles. The minimum Gasteiger partial charge on any atom is -0.303 e. The van der Waals surface area contributed by atoms with E-state index < -0.39 is 0 Å². The number of allylic oxidation sites excluding steroid dienone is 5. The zero-order chi connectivity index (χ0) is 12.2. The van der Waals surface area contributed by atoms with Gasteiger partial charge in [0, 0.05) is 12.8 Å². The Labute approximate surface area is 97.7 Å². The van der Waals surface area contributed by atoms with Gasteiger partial charge in [0.05, 0.1) is 0 Å². The van der Waals surface area contributed by atoms with Gasteiger partial charge in [-0.3, -0.25) is 0 Å². The lowest BCUT2D eigenvalue weighted by Crippen LogP contribution is -1.81. The first-order valence-electron chi connectivity index (χ1n) is 5.77. The van der Waals surface area contributed by atoms with Crippen molar-refractivity contribution in [1.29, 1.82) is 0 Å². The second-order valence-electron chi connectivity index (χ2n) is 3.87. The maximum atomic E-state index is 13.1. The molecule has 0 aliphatic heterocycles. The molecule has 0 radical (unpaired) electrons. The second-order valence-corrected chi connectivity index (χ2v) is 3.87. The van der Waals surface area contributed by atoms with E-state index in [2.05, 4.69) is 6.58 Å². The van der Waals surface area contributed by atoms with E-state index in [4.69, 9.17) is 0 Å². The minimum atomic E-state index is -0.104. The van der Waals surface area contributed by atoms with Crippen LogP contribution in [0.3, 0.4) is 0 Å². The summed E-state index contributed by atoms with van der Waals surface area (Å²) in [4.78, 5) is 10.1. The monoisotopic (exact) mass is 224 g/mol. The molecule has 0 fully saturated rings. The standard InChI is InChI=1S/C14H21FO/c1-3-4-9-14(15)11-10-13(2)8-6-5-7-12-16/h3,10-12H,1,4-9H2,2H3/b13-10+,14-11+. The average Bonchev–Trinajstić information content (AvgIpc) is 2.29. The van der Waals surface area contributed by atoms with Crippen molar-refractivity contribution in [3.63, 3.8) is 0 Å². The highest BCUT2D eigenvalue weighted by Gasteiger charge is 1.93. The fourth-order valence-electron chi connectivity index (χ4n) is 1.27. The molecule has 0 atom stereocenters. The number of unbranched alkanes of at least 4 members (excludes halogenated alkanes) is 2. The molecule has 0 amide bonds. The van der Waals surface area contributed by atoms with E-state index in [-0.39, 0.29) is 5.83 Å². The molecule has 0 saturated carbocycles. The highest BCUT2D eigenvalue weighted by Crippen LogP contribution is 2.11. The fourth-order valence-corrected chi connectivity index (χ4v) is 1.27. The van der Waals surface area contributed by atoms with E-state index in [0.29, 0.717) is 19.3 Å². The van der Waals surface area contributed by atoms with Crippen LogP contribution < -0.4 is 0 Å². The van der Waals surface area contributed by atoms with Gasteiger partial charge in [-0.2, -0.15) is 0 Å². The molecule has 0 spiro atoms. The summed E-state index contributed by atoms with van der Waals surface area (Å²) in [6.07, 6.45) is 10.6. The SMILES string of the molecule is C=CCC/C(F)=C\C=C(/C)CCCCC=O. The van der Waals surface area contributed by atoms with E-state index in [1.807, 2.05) is 13.0 Å². The van der Waals surface area contributed by atoms with E-state index >= 15 is 0 Å². The minimum absolute atomic E-state index is 0.104. The third kappa shape index (κ3) is 9.38. The lowest BCUT2D eigenvalue weighted by atomic mass is 10.1. The second kappa shape index (κ2) is 10.3. The number of rotatable bonds is 9.